The first-order chi connectivity index (χ1) is 15.5. The number of quaternary nitrogens is 1. The SMILES string of the molecule is CCCCCCCCCCCCCC[N+]([O-])(CCCCCCCCCCCC)CC(O)O. The van der Waals surface area contributed by atoms with Gasteiger partial charge in [0.1, 0.15) is 6.54 Å². The van der Waals surface area contributed by atoms with Crippen LogP contribution in [-0.4, -0.2) is 40.8 Å². The predicted molar refractivity (Wildman–Crippen MR) is 139 cm³/mol. The van der Waals surface area contributed by atoms with Crippen LogP contribution in [0.2, 0.25) is 0 Å². The fourth-order valence-corrected chi connectivity index (χ4v) is 4.72. The second kappa shape index (κ2) is 24.0. The summed E-state index contributed by atoms with van der Waals surface area (Å²) < 4.78 is -0.424. The van der Waals surface area contributed by atoms with E-state index in [0.29, 0.717) is 13.1 Å². The molecule has 0 aromatic heterocycles. The lowest BCUT2D eigenvalue weighted by Gasteiger charge is -2.43. The van der Waals surface area contributed by atoms with Gasteiger partial charge in [-0.3, -0.25) is 0 Å². The van der Waals surface area contributed by atoms with Gasteiger partial charge in [-0.1, -0.05) is 129 Å². The molecule has 4 heteroatoms. The van der Waals surface area contributed by atoms with Crippen molar-refractivity contribution in [3.05, 3.63) is 5.21 Å². The lowest BCUT2D eigenvalue weighted by molar-refractivity contribution is -0.887. The standard InChI is InChI=1S/C28H59NO3/c1-3-5-7-9-11-13-15-16-18-20-22-24-26-29(32,27-28(30)31)25-23-21-19-17-14-12-10-8-6-4-2/h28,30-31H,3-27H2,1-2H3. The van der Waals surface area contributed by atoms with E-state index in [2.05, 4.69) is 13.8 Å². The molecule has 0 saturated carbocycles. The Hall–Kier alpha value is -0.160. The van der Waals surface area contributed by atoms with E-state index >= 15 is 0 Å². The number of aliphatic hydroxyl groups is 2. The molecule has 0 spiro atoms. The number of unbranched alkanes of at least 4 members (excludes halogenated alkanes) is 20. The molecule has 0 aliphatic heterocycles. The molecule has 0 radical (unpaired) electrons. The molecular formula is C28H59NO3. The molecule has 0 bridgehead atoms. The van der Waals surface area contributed by atoms with Crippen LogP contribution >= 0.6 is 0 Å². The number of hydroxylamine groups is 3. The van der Waals surface area contributed by atoms with E-state index in [4.69, 9.17) is 0 Å². The minimum atomic E-state index is -1.49. The van der Waals surface area contributed by atoms with Crippen LogP contribution in [0, 0.1) is 5.21 Å². The Kier molecular flexibility index (Phi) is 23.9. The zero-order valence-corrected chi connectivity index (χ0v) is 22.0. The first-order valence-corrected chi connectivity index (χ1v) is 14.5. The molecule has 1 atom stereocenters. The molecule has 0 rings (SSSR count). The van der Waals surface area contributed by atoms with Crippen LogP contribution in [-0.2, 0) is 0 Å². The molecule has 194 valence electrons. The average molecular weight is 458 g/mol. The quantitative estimate of drug-likeness (QED) is 0.0595. The van der Waals surface area contributed by atoms with Crippen molar-refractivity contribution >= 4 is 0 Å². The second-order valence-corrected chi connectivity index (χ2v) is 10.2. The Morgan fingerprint density at radius 3 is 0.969 bits per heavy atom. The summed E-state index contributed by atoms with van der Waals surface area (Å²) in [6, 6.07) is 0. The maximum absolute atomic E-state index is 13.0. The smallest absolute Gasteiger partial charge is 0.202 e. The van der Waals surface area contributed by atoms with Gasteiger partial charge >= 0.3 is 0 Å². The average Bonchev–Trinajstić information content (AvgIpc) is 2.75. The van der Waals surface area contributed by atoms with Crippen LogP contribution in [0.3, 0.4) is 0 Å². The summed E-state index contributed by atoms with van der Waals surface area (Å²) >= 11 is 0. The van der Waals surface area contributed by atoms with E-state index < -0.39 is 10.9 Å². The Morgan fingerprint density at radius 1 is 0.469 bits per heavy atom. The first-order valence-electron chi connectivity index (χ1n) is 14.5. The molecule has 1 unspecified atom stereocenters. The van der Waals surface area contributed by atoms with Crippen molar-refractivity contribution in [2.24, 2.45) is 0 Å². The third-order valence-electron chi connectivity index (χ3n) is 6.83. The molecule has 0 heterocycles. The number of hydrogen-bond donors (Lipinski definition) is 2. The van der Waals surface area contributed by atoms with E-state index in [-0.39, 0.29) is 6.54 Å². The van der Waals surface area contributed by atoms with E-state index in [9.17, 15) is 15.4 Å². The van der Waals surface area contributed by atoms with Gasteiger partial charge in [0, 0.05) is 0 Å². The molecule has 0 saturated heterocycles. The van der Waals surface area contributed by atoms with Gasteiger partial charge in [0.15, 0.2) is 0 Å². The van der Waals surface area contributed by atoms with Gasteiger partial charge < -0.3 is 20.1 Å². The van der Waals surface area contributed by atoms with Crippen molar-refractivity contribution in [2.75, 3.05) is 19.6 Å². The Bertz CT molecular complexity index is 365. The largest absolute Gasteiger partial charge is 0.633 e. The first kappa shape index (κ1) is 31.8. The second-order valence-electron chi connectivity index (χ2n) is 10.2. The van der Waals surface area contributed by atoms with Crippen LogP contribution in [0.15, 0.2) is 0 Å². The van der Waals surface area contributed by atoms with E-state index in [1.165, 1.54) is 116 Å². The summed E-state index contributed by atoms with van der Waals surface area (Å²) in [5, 5.41) is 31.8. The summed E-state index contributed by atoms with van der Waals surface area (Å²) in [4.78, 5) is 0. The Balaban J connectivity index is 3.71. The topological polar surface area (TPSA) is 63.5 Å². The van der Waals surface area contributed by atoms with Gasteiger partial charge in [-0.05, 0) is 25.7 Å². The molecular weight excluding hydrogens is 398 g/mol. The van der Waals surface area contributed by atoms with E-state index in [1.54, 1.807) is 0 Å². The van der Waals surface area contributed by atoms with Gasteiger partial charge in [-0.15, -0.1) is 0 Å². The lowest BCUT2D eigenvalue weighted by Crippen LogP contribution is -2.48. The van der Waals surface area contributed by atoms with Crippen molar-refractivity contribution in [3.63, 3.8) is 0 Å². The highest BCUT2D eigenvalue weighted by Gasteiger charge is 2.19. The molecule has 4 nitrogen and oxygen atoms in total. The van der Waals surface area contributed by atoms with Crippen molar-refractivity contribution in [1.82, 2.24) is 0 Å². The fraction of sp³-hybridized carbons (Fsp3) is 1.00. The number of nitrogens with zero attached hydrogens (tertiary/aromatic N) is 1. The molecule has 0 aromatic carbocycles. The molecule has 0 aromatic rings. The Morgan fingerprint density at radius 2 is 0.719 bits per heavy atom. The van der Waals surface area contributed by atoms with Crippen LogP contribution in [0.25, 0.3) is 0 Å². The van der Waals surface area contributed by atoms with E-state index in [1.807, 2.05) is 0 Å². The van der Waals surface area contributed by atoms with Crippen molar-refractivity contribution in [3.8, 4) is 0 Å². The summed E-state index contributed by atoms with van der Waals surface area (Å²) in [7, 11) is 0. The summed E-state index contributed by atoms with van der Waals surface area (Å²) in [6.45, 7) is 5.51. The van der Waals surface area contributed by atoms with Crippen molar-refractivity contribution in [1.29, 1.82) is 0 Å². The molecule has 32 heavy (non-hydrogen) atoms. The highest BCUT2D eigenvalue weighted by molar-refractivity contribution is 4.53. The van der Waals surface area contributed by atoms with Crippen LogP contribution < -0.4 is 0 Å². The van der Waals surface area contributed by atoms with E-state index in [0.717, 1.165) is 25.7 Å². The Labute approximate surface area is 201 Å². The van der Waals surface area contributed by atoms with Gasteiger partial charge in [0.2, 0.25) is 6.29 Å². The minimum absolute atomic E-state index is 0.0739. The highest BCUT2D eigenvalue weighted by atomic mass is 16.6. The number of rotatable bonds is 26. The van der Waals surface area contributed by atoms with Crippen molar-refractivity contribution < 1.29 is 14.9 Å². The van der Waals surface area contributed by atoms with Gasteiger partial charge in [0.25, 0.3) is 0 Å². The fourth-order valence-electron chi connectivity index (χ4n) is 4.72. The maximum atomic E-state index is 13.0. The van der Waals surface area contributed by atoms with Crippen LogP contribution in [0.4, 0.5) is 0 Å². The molecule has 0 fully saturated rings. The summed E-state index contributed by atoms with van der Waals surface area (Å²) in [5.41, 5.74) is 0. The minimum Gasteiger partial charge on any atom is -0.633 e. The predicted octanol–water partition coefficient (Wildman–Crippen LogP) is 8.23. The highest BCUT2D eigenvalue weighted by Crippen LogP contribution is 2.16. The molecule has 0 amide bonds. The third kappa shape index (κ3) is 23.0. The summed E-state index contributed by atoms with van der Waals surface area (Å²) in [5.74, 6) is 0. The van der Waals surface area contributed by atoms with Crippen molar-refractivity contribution in [2.45, 2.75) is 161 Å². The summed E-state index contributed by atoms with van der Waals surface area (Å²) in [6.07, 6.45) is 26.4. The van der Waals surface area contributed by atoms with Gasteiger partial charge in [-0.25, -0.2) is 0 Å². The van der Waals surface area contributed by atoms with Gasteiger partial charge in [-0.2, -0.15) is 0 Å². The molecule has 0 aliphatic carbocycles. The maximum Gasteiger partial charge on any atom is 0.202 e. The molecule has 0 aliphatic rings. The monoisotopic (exact) mass is 457 g/mol. The number of hydrogen-bond acceptors (Lipinski definition) is 3. The van der Waals surface area contributed by atoms with Crippen LogP contribution in [0.1, 0.15) is 155 Å². The van der Waals surface area contributed by atoms with Gasteiger partial charge in [0.05, 0.1) is 13.1 Å². The zero-order valence-electron chi connectivity index (χ0n) is 22.0. The molecule has 2 N–H and O–H groups in total. The lowest BCUT2D eigenvalue weighted by atomic mass is 10.0. The van der Waals surface area contributed by atoms with Crippen LogP contribution in [0.5, 0.6) is 0 Å². The number of aliphatic hydroxyl groups excluding tert-OH is 1. The normalized spacial score (nSPS) is 13.7. The third-order valence-corrected chi connectivity index (χ3v) is 6.83. The zero-order chi connectivity index (χ0) is 23.8.